The number of rotatable bonds is 10. The summed E-state index contributed by atoms with van der Waals surface area (Å²) in [7, 11) is 0. The van der Waals surface area contributed by atoms with Gasteiger partial charge in [-0.2, -0.15) is 0 Å². The van der Waals surface area contributed by atoms with Crippen LogP contribution in [0.5, 0.6) is 0 Å². The van der Waals surface area contributed by atoms with Crippen molar-refractivity contribution in [2.24, 2.45) is 5.92 Å². The van der Waals surface area contributed by atoms with E-state index in [0.717, 1.165) is 36.8 Å². The van der Waals surface area contributed by atoms with E-state index in [1.807, 2.05) is 26.0 Å². The molecule has 2 atom stereocenters. The second kappa shape index (κ2) is 9.07. The second-order valence-corrected chi connectivity index (χ2v) is 9.39. The summed E-state index contributed by atoms with van der Waals surface area (Å²) in [6.45, 7) is 10.3. The molecule has 1 heterocycles. The fraction of sp³-hybridized carbons (Fsp3) is 0.577. The highest BCUT2D eigenvalue weighted by Crippen LogP contribution is 2.59. The van der Waals surface area contributed by atoms with Gasteiger partial charge in [0.05, 0.1) is 6.61 Å². The van der Waals surface area contributed by atoms with Gasteiger partial charge < -0.3 is 9.47 Å². The summed E-state index contributed by atoms with van der Waals surface area (Å²) in [6, 6.07) is 5.34. The smallest absolute Gasteiger partial charge is 0.350 e. The summed E-state index contributed by atoms with van der Waals surface area (Å²) in [6.07, 6.45) is 6.50. The predicted molar refractivity (Wildman–Crippen MR) is 119 cm³/mol. The van der Waals surface area contributed by atoms with Gasteiger partial charge in [-0.05, 0) is 38.2 Å². The zero-order valence-electron chi connectivity index (χ0n) is 19.4. The summed E-state index contributed by atoms with van der Waals surface area (Å²) in [4.78, 5) is 40.5. The Morgan fingerprint density at radius 2 is 1.87 bits per heavy atom. The van der Waals surface area contributed by atoms with Gasteiger partial charge in [-0.1, -0.05) is 69.9 Å². The molecule has 0 aromatic heterocycles. The minimum Gasteiger partial charge on any atom is -0.463 e. The third-order valence-corrected chi connectivity index (χ3v) is 6.11. The lowest BCUT2D eigenvalue weighted by Crippen LogP contribution is -2.51. The minimum atomic E-state index is -1.86. The van der Waals surface area contributed by atoms with Gasteiger partial charge in [-0.25, -0.2) is 4.79 Å². The van der Waals surface area contributed by atoms with Crippen LogP contribution in [0.4, 0.5) is 0 Å². The molecule has 1 aromatic rings. The van der Waals surface area contributed by atoms with E-state index in [1.54, 1.807) is 12.1 Å². The van der Waals surface area contributed by atoms with Crippen LogP contribution in [0.25, 0.3) is 0 Å². The number of ether oxygens (including phenoxy) is 2. The molecule has 0 bridgehead atoms. The maximum atomic E-state index is 13.8. The molecule has 5 heteroatoms. The number of Topliss-reactive ketones (excluding diaryl/α,β-unsaturated/α-hetero) is 2. The lowest BCUT2D eigenvalue weighted by molar-refractivity contribution is -0.148. The molecule has 0 amide bonds. The highest BCUT2D eigenvalue weighted by molar-refractivity contribution is 6.33. The van der Waals surface area contributed by atoms with Gasteiger partial charge in [0.1, 0.15) is 0 Å². The number of hydrogen-bond donors (Lipinski definition) is 0. The van der Waals surface area contributed by atoms with Gasteiger partial charge in [0.15, 0.2) is 11.4 Å². The van der Waals surface area contributed by atoms with Gasteiger partial charge in [-0.15, -0.1) is 0 Å². The first-order chi connectivity index (χ1) is 14.7. The molecule has 31 heavy (non-hydrogen) atoms. The highest BCUT2D eigenvalue weighted by Gasteiger charge is 2.85. The first-order valence-corrected chi connectivity index (χ1v) is 11.4. The van der Waals surface area contributed by atoms with Crippen molar-refractivity contribution < 1.29 is 23.9 Å². The molecule has 0 saturated carbocycles. The zero-order valence-corrected chi connectivity index (χ0v) is 19.4. The Bertz CT molecular complexity index is 908. The number of hydrogen-bond acceptors (Lipinski definition) is 5. The van der Waals surface area contributed by atoms with E-state index in [-0.39, 0.29) is 18.8 Å². The Hall–Kier alpha value is -2.27. The van der Waals surface area contributed by atoms with Gasteiger partial charge in [-0.3, -0.25) is 9.59 Å². The van der Waals surface area contributed by atoms with Crippen LogP contribution < -0.4 is 0 Å². The van der Waals surface area contributed by atoms with Crippen LogP contribution in [0, 0.1) is 5.92 Å². The number of carbonyl (C=O) groups is 3. The van der Waals surface area contributed by atoms with Gasteiger partial charge in [0.2, 0.25) is 5.78 Å². The normalized spacial score (nSPS) is 23.9. The minimum absolute atomic E-state index is 0.179. The first kappa shape index (κ1) is 23.4. The summed E-state index contributed by atoms with van der Waals surface area (Å²) < 4.78 is 11.4. The number of benzene rings is 1. The standard InChI is InChI=1S/C26H34O5/c1-6-7-8-9-15-30-24(29)26-23(28)21-19(16-18(4)5)11-10-12-20(21)22(27)25(26,31-26)14-13-17(2)3/h10-13,18H,6-9,14-16H2,1-5H3. The molecular weight excluding hydrogens is 392 g/mol. The van der Waals surface area contributed by atoms with E-state index in [2.05, 4.69) is 20.8 Å². The third-order valence-electron chi connectivity index (χ3n) is 6.11. The fourth-order valence-corrected chi connectivity index (χ4v) is 4.45. The lowest BCUT2D eigenvalue weighted by Gasteiger charge is -2.25. The molecule has 0 spiro atoms. The molecular formula is C26H34O5. The van der Waals surface area contributed by atoms with Crippen molar-refractivity contribution in [3.8, 4) is 0 Å². The molecule has 2 unspecified atom stereocenters. The van der Waals surface area contributed by atoms with E-state index in [1.165, 1.54) is 0 Å². The van der Waals surface area contributed by atoms with Crippen LogP contribution in [0.3, 0.4) is 0 Å². The molecule has 1 fully saturated rings. The highest BCUT2D eigenvalue weighted by atomic mass is 16.7. The quantitative estimate of drug-likeness (QED) is 0.168. The molecule has 1 aliphatic heterocycles. The number of allylic oxidation sites excluding steroid dienone is 1. The Morgan fingerprint density at radius 1 is 1.13 bits per heavy atom. The largest absolute Gasteiger partial charge is 0.463 e. The van der Waals surface area contributed by atoms with Crippen LogP contribution in [-0.4, -0.2) is 35.3 Å². The molecule has 1 aliphatic carbocycles. The van der Waals surface area contributed by atoms with Crippen LogP contribution in [0.1, 0.15) is 93.0 Å². The van der Waals surface area contributed by atoms with E-state index < -0.39 is 23.0 Å². The Kier molecular flexibility index (Phi) is 6.85. The molecule has 1 saturated heterocycles. The maximum absolute atomic E-state index is 13.8. The van der Waals surface area contributed by atoms with Gasteiger partial charge in [0, 0.05) is 17.5 Å². The molecule has 2 aliphatic rings. The van der Waals surface area contributed by atoms with Crippen LogP contribution in [0.2, 0.25) is 0 Å². The average molecular weight is 427 g/mol. The van der Waals surface area contributed by atoms with E-state index >= 15 is 0 Å². The number of epoxide rings is 1. The molecule has 168 valence electrons. The summed E-state index contributed by atoms with van der Waals surface area (Å²) >= 11 is 0. The predicted octanol–water partition coefficient (Wildman–Crippen LogP) is 5.25. The SMILES string of the molecule is CCCCCCOC(=O)C12OC1(CC=C(C)C)C(=O)c1cccc(CC(C)C)c1C2=O. The summed E-state index contributed by atoms with van der Waals surface area (Å²) in [5.41, 5.74) is -0.895. The van der Waals surface area contributed by atoms with Gasteiger partial charge >= 0.3 is 5.97 Å². The zero-order chi connectivity index (χ0) is 22.8. The fourth-order valence-electron chi connectivity index (χ4n) is 4.45. The monoisotopic (exact) mass is 426 g/mol. The van der Waals surface area contributed by atoms with Crippen molar-refractivity contribution in [1.29, 1.82) is 0 Å². The molecule has 3 rings (SSSR count). The van der Waals surface area contributed by atoms with Crippen molar-refractivity contribution in [2.45, 2.75) is 84.3 Å². The molecule has 0 N–H and O–H groups in total. The van der Waals surface area contributed by atoms with Crippen LogP contribution in [0.15, 0.2) is 29.8 Å². The van der Waals surface area contributed by atoms with Crippen molar-refractivity contribution in [3.05, 3.63) is 46.5 Å². The Morgan fingerprint density at radius 3 is 2.52 bits per heavy atom. The van der Waals surface area contributed by atoms with E-state index in [4.69, 9.17) is 9.47 Å². The first-order valence-electron chi connectivity index (χ1n) is 11.4. The van der Waals surface area contributed by atoms with Crippen molar-refractivity contribution in [2.75, 3.05) is 6.61 Å². The van der Waals surface area contributed by atoms with Crippen molar-refractivity contribution in [1.82, 2.24) is 0 Å². The van der Waals surface area contributed by atoms with E-state index in [0.29, 0.717) is 23.5 Å². The second-order valence-electron chi connectivity index (χ2n) is 9.39. The number of ketones is 2. The van der Waals surface area contributed by atoms with Gasteiger partial charge in [0.25, 0.3) is 5.60 Å². The Labute approximate surface area is 185 Å². The Balaban J connectivity index is 2.00. The van der Waals surface area contributed by atoms with Crippen molar-refractivity contribution in [3.63, 3.8) is 0 Å². The number of carbonyl (C=O) groups excluding carboxylic acids is 3. The average Bonchev–Trinajstić information content (AvgIpc) is 3.42. The lowest BCUT2D eigenvalue weighted by atomic mass is 9.70. The number of fused-ring (bicyclic) bond motifs is 2. The summed E-state index contributed by atoms with van der Waals surface area (Å²) in [5.74, 6) is -1.16. The van der Waals surface area contributed by atoms with Crippen LogP contribution >= 0.6 is 0 Å². The third kappa shape index (κ3) is 4.00. The van der Waals surface area contributed by atoms with Crippen LogP contribution in [-0.2, 0) is 20.7 Å². The molecule has 5 nitrogen and oxygen atoms in total. The number of unbranched alkanes of at least 4 members (excludes halogenated alkanes) is 3. The van der Waals surface area contributed by atoms with Crippen molar-refractivity contribution >= 4 is 17.5 Å². The molecule has 1 aromatic carbocycles. The van der Waals surface area contributed by atoms with E-state index in [9.17, 15) is 14.4 Å². The topological polar surface area (TPSA) is 73.0 Å². The number of esters is 1. The molecule has 0 radical (unpaired) electrons. The maximum Gasteiger partial charge on any atom is 0.350 e. The summed E-state index contributed by atoms with van der Waals surface area (Å²) in [5, 5.41) is 0.